The summed E-state index contributed by atoms with van der Waals surface area (Å²) in [5.41, 5.74) is -1.00. The zero-order chi connectivity index (χ0) is 13.6. The molecule has 19 heavy (non-hydrogen) atoms. The molecule has 0 spiro atoms. The number of hydrogen-bond acceptors (Lipinski definition) is 3. The maximum atomic E-state index is 12.6. The van der Waals surface area contributed by atoms with Crippen molar-refractivity contribution < 1.29 is 14.4 Å². The molecule has 0 unspecified atom stereocenters. The molecule has 2 saturated heterocycles. The first-order valence-corrected chi connectivity index (χ1v) is 6.89. The van der Waals surface area contributed by atoms with Crippen LogP contribution >= 0.6 is 0 Å². The molecule has 1 aliphatic carbocycles. The third kappa shape index (κ3) is 1.99. The Kier molecular flexibility index (Phi) is 2.76. The molecule has 2 heterocycles. The summed E-state index contributed by atoms with van der Waals surface area (Å²) in [4.78, 5) is 39.7. The fourth-order valence-electron chi connectivity index (χ4n) is 2.91. The van der Waals surface area contributed by atoms with Crippen molar-refractivity contribution in [3.63, 3.8) is 0 Å². The molecule has 6 nitrogen and oxygen atoms in total. The normalized spacial score (nSPS) is 31.6. The lowest BCUT2D eigenvalue weighted by Gasteiger charge is -2.34. The van der Waals surface area contributed by atoms with Gasteiger partial charge in [-0.3, -0.25) is 14.4 Å². The van der Waals surface area contributed by atoms with Gasteiger partial charge in [0.1, 0.15) is 12.0 Å². The molecular weight excluding hydrogens is 246 g/mol. The van der Waals surface area contributed by atoms with E-state index in [1.165, 1.54) is 4.90 Å². The van der Waals surface area contributed by atoms with Crippen LogP contribution in [0.3, 0.4) is 0 Å². The second-order valence-corrected chi connectivity index (χ2v) is 5.93. The van der Waals surface area contributed by atoms with E-state index in [0.29, 0.717) is 25.7 Å². The van der Waals surface area contributed by atoms with Crippen molar-refractivity contribution in [2.75, 3.05) is 19.8 Å². The highest BCUT2D eigenvalue weighted by Gasteiger charge is 2.48. The lowest BCUT2D eigenvalue weighted by atomic mass is 9.80. The van der Waals surface area contributed by atoms with E-state index in [0.717, 1.165) is 19.3 Å². The van der Waals surface area contributed by atoms with Crippen molar-refractivity contribution in [2.45, 2.75) is 38.6 Å². The Bertz CT molecular complexity index is 446. The van der Waals surface area contributed by atoms with Crippen molar-refractivity contribution in [3.05, 3.63) is 0 Å². The van der Waals surface area contributed by atoms with Crippen molar-refractivity contribution in [1.82, 2.24) is 15.1 Å². The van der Waals surface area contributed by atoms with Crippen LogP contribution in [0.5, 0.6) is 0 Å². The predicted octanol–water partition coefficient (Wildman–Crippen LogP) is -0.307. The number of nitrogens with zero attached hydrogens (tertiary/aromatic N) is 2. The molecule has 1 N–H and O–H groups in total. The van der Waals surface area contributed by atoms with Crippen LogP contribution in [0.25, 0.3) is 0 Å². The zero-order valence-electron chi connectivity index (χ0n) is 11.1. The van der Waals surface area contributed by atoms with E-state index in [2.05, 4.69) is 5.32 Å². The summed E-state index contributed by atoms with van der Waals surface area (Å²) in [6.45, 7) is 2.80. The summed E-state index contributed by atoms with van der Waals surface area (Å²) in [5.74, 6) is -0.405. The van der Waals surface area contributed by atoms with Crippen molar-refractivity contribution >= 4 is 17.7 Å². The van der Waals surface area contributed by atoms with E-state index in [9.17, 15) is 14.4 Å². The SMILES string of the molecule is C[C@@]1(C(=O)N2CC(=O)N(C3CC3)C2)CCCNC1=O. The molecule has 0 aromatic rings. The molecule has 3 fully saturated rings. The van der Waals surface area contributed by atoms with Gasteiger partial charge in [-0.25, -0.2) is 0 Å². The van der Waals surface area contributed by atoms with E-state index in [-0.39, 0.29) is 24.3 Å². The number of amides is 3. The summed E-state index contributed by atoms with van der Waals surface area (Å²) >= 11 is 0. The Morgan fingerprint density at radius 3 is 2.74 bits per heavy atom. The first kappa shape index (κ1) is 12.4. The van der Waals surface area contributed by atoms with Crippen LogP contribution < -0.4 is 5.32 Å². The summed E-state index contributed by atoms with van der Waals surface area (Å²) in [6, 6.07) is 0.318. The standard InChI is InChI=1S/C13H19N3O3/c1-13(5-2-6-14-11(13)18)12(19)15-7-10(17)16(8-15)9-3-4-9/h9H,2-8H2,1H3,(H,14,18)/t13-/m1/s1. The van der Waals surface area contributed by atoms with Gasteiger partial charge in [0.2, 0.25) is 17.7 Å². The number of carbonyl (C=O) groups is 3. The van der Waals surface area contributed by atoms with Crippen molar-refractivity contribution in [3.8, 4) is 0 Å². The molecule has 3 rings (SSSR count). The highest BCUT2D eigenvalue weighted by Crippen LogP contribution is 2.33. The van der Waals surface area contributed by atoms with Crippen molar-refractivity contribution in [1.29, 1.82) is 0 Å². The van der Waals surface area contributed by atoms with E-state index in [4.69, 9.17) is 0 Å². The van der Waals surface area contributed by atoms with Crippen LogP contribution in [0.1, 0.15) is 32.6 Å². The zero-order valence-corrected chi connectivity index (χ0v) is 11.1. The third-order valence-corrected chi connectivity index (χ3v) is 4.36. The molecule has 0 radical (unpaired) electrons. The fraction of sp³-hybridized carbons (Fsp3) is 0.769. The van der Waals surface area contributed by atoms with Crippen LogP contribution in [-0.2, 0) is 14.4 Å². The van der Waals surface area contributed by atoms with E-state index in [1.807, 2.05) is 0 Å². The minimum Gasteiger partial charge on any atom is -0.355 e. The van der Waals surface area contributed by atoms with Crippen LogP contribution in [0.15, 0.2) is 0 Å². The Hall–Kier alpha value is -1.59. The van der Waals surface area contributed by atoms with Gasteiger partial charge in [0.05, 0.1) is 6.67 Å². The van der Waals surface area contributed by atoms with Gasteiger partial charge in [-0.05, 0) is 32.6 Å². The largest absolute Gasteiger partial charge is 0.355 e. The number of nitrogens with one attached hydrogen (secondary N) is 1. The quantitative estimate of drug-likeness (QED) is 0.697. The molecule has 3 aliphatic rings. The van der Waals surface area contributed by atoms with Gasteiger partial charge in [0.25, 0.3) is 0 Å². The summed E-state index contributed by atoms with van der Waals surface area (Å²) in [7, 11) is 0. The third-order valence-electron chi connectivity index (χ3n) is 4.36. The highest BCUT2D eigenvalue weighted by atomic mass is 16.2. The van der Waals surface area contributed by atoms with Gasteiger partial charge in [-0.15, -0.1) is 0 Å². The second kappa shape index (κ2) is 4.21. The van der Waals surface area contributed by atoms with E-state index in [1.54, 1.807) is 11.8 Å². The Morgan fingerprint density at radius 2 is 2.11 bits per heavy atom. The van der Waals surface area contributed by atoms with Gasteiger partial charge in [0, 0.05) is 12.6 Å². The topological polar surface area (TPSA) is 69.7 Å². The highest BCUT2D eigenvalue weighted by molar-refractivity contribution is 6.06. The van der Waals surface area contributed by atoms with Crippen LogP contribution in [0.4, 0.5) is 0 Å². The minimum absolute atomic E-state index is 0.00988. The van der Waals surface area contributed by atoms with Crippen molar-refractivity contribution in [2.24, 2.45) is 5.41 Å². The molecule has 6 heteroatoms. The summed E-state index contributed by atoms with van der Waals surface area (Å²) < 4.78 is 0. The minimum atomic E-state index is -1.00. The van der Waals surface area contributed by atoms with Crippen LogP contribution in [0.2, 0.25) is 0 Å². The molecule has 0 aromatic heterocycles. The number of hydrogen-bond donors (Lipinski definition) is 1. The maximum Gasteiger partial charge on any atom is 0.243 e. The molecule has 2 aliphatic heterocycles. The first-order chi connectivity index (χ1) is 9.02. The fourth-order valence-corrected chi connectivity index (χ4v) is 2.91. The van der Waals surface area contributed by atoms with Crippen LogP contribution in [0, 0.1) is 5.41 Å². The maximum absolute atomic E-state index is 12.6. The van der Waals surface area contributed by atoms with Gasteiger partial charge in [0.15, 0.2) is 0 Å². The second-order valence-electron chi connectivity index (χ2n) is 5.93. The Morgan fingerprint density at radius 1 is 1.37 bits per heavy atom. The molecule has 0 bridgehead atoms. The summed E-state index contributed by atoms with van der Waals surface area (Å²) in [6.07, 6.45) is 3.44. The van der Waals surface area contributed by atoms with Gasteiger partial charge in [-0.2, -0.15) is 0 Å². The van der Waals surface area contributed by atoms with E-state index < -0.39 is 5.41 Å². The Balaban J connectivity index is 1.73. The molecule has 1 atom stereocenters. The smallest absolute Gasteiger partial charge is 0.243 e. The molecular formula is C13H19N3O3. The molecule has 3 amide bonds. The number of carbonyl (C=O) groups excluding carboxylic acids is 3. The van der Waals surface area contributed by atoms with Gasteiger partial charge >= 0.3 is 0 Å². The van der Waals surface area contributed by atoms with Gasteiger partial charge in [-0.1, -0.05) is 0 Å². The lowest BCUT2D eigenvalue weighted by molar-refractivity contribution is -0.151. The monoisotopic (exact) mass is 265 g/mol. The van der Waals surface area contributed by atoms with Crippen LogP contribution in [-0.4, -0.2) is 53.3 Å². The first-order valence-electron chi connectivity index (χ1n) is 6.89. The lowest BCUT2D eigenvalue weighted by Crippen LogP contribution is -2.53. The van der Waals surface area contributed by atoms with E-state index >= 15 is 0 Å². The number of piperidine rings is 1. The average Bonchev–Trinajstić information content (AvgIpc) is 3.15. The molecule has 104 valence electrons. The predicted molar refractivity (Wildman–Crippen MR) is 66.8 cm³/mol. The number of rotatable bonds is 2. The molecule has 0 aromatic carbocycles. The van der Waals surface area contributed by atoms with Gasteiger partial charge < -0.3 is 15.1 Å². The molecule has 1 saturated carbocycles. The summed E-state index contributed by atoms with van der Waals surface area (Å²) in [5, 5.41) is 2.75. The average molecular weight is 265 g/mol. The Labute approximate surface area is 112 Å².